The second kappa shape index (κ2) is 4.52. The minimum absolute atomic E-state index is 0.353. The van der Waals surface area contributed by atoms with E-state index in [1.807, 2.05) is 24.3 Å². The van der Waals surface area contributed by atoms with E-state index in [1.165, 1.54) is 0 Å². The number of rotatable bonds is 1. The van der Waals surface area contributed by atoms with Crippen LogP contribution in [-0.2, 0) is 0 Å². The molecule has 0 aliphatic heterocycles. The molecule has 3 rings (SSSR count). The Morgan fingerprint density at radius 1 is 0.833 bits per heavy atom. The summed E-state index contributed by atoms with van der Waals surface area (Å²) in [7, 11) is 0. The van der Waals surface area contributed by atoms with Gasteiger partial charge in [-0.2, -0.15) is 0 Å². The number of nitrogens with zero attached hydrogens (tertiary/aromatic N) is 3. The summed E-state index contributed by atoms with van der Waals surface area (Å²) >= 11 is 12.2. The van der Waals surface area contributed by atoms with Gasteiger partial charge in [0.1, 0.15) is 5.69 Å². The summed E-state index contributed by atoms with van der Waals surface area (Å²) in [4.78, 5) is 12.6. The second-order valence-electron chi connectivity index (χ2n) is 3.69. The van der Waals surface area contributed by atoms with Gasteiger partial charge in [0.05, 0.1) is 10.5 Å². The van der Waals surface area contributed by atoms with Crippen LogP contribution in [0.1, 0.15) is 0 Å². The molecule has 1 aromatic carbocycles. The quantitative estimate of drug-likeness (QED) is 0.674. The summed E-state index contributed by atoms with van der Waals surface area (Å²) in [5.41, 5.74) is 2.21. The Morgan fingerprint density at radius 2 is 1.67 bits per heavy atom. The van der Waals surface area contributed by atoms with E-state index in [0.717, 1.165) is 16.5 Å². The average Bonchev–Trinajstić information content (AvgIpc) is 2.41. The predicted octanol–water partition coefficient (Wildman–Crippen LogP) is 4.00. The number of hydrogen-bond acceptors (Lipinski definition) is 3. The molecule has 0 aliphatic carbocycles. The van der Waals surface area contributed by atoms with E-state index in [2.05, 4.69) is 15.0 Å². The lowest BCUT2D eigenvalue weighted by molar-refractivity contribution is 1.21. The van der Waals surface area contributed by atoms with Crippen molar-refractivity contribution in [3.8, 4) is 11.3 Å². The molecule has 0 radical (unpaired) electrons. The third kappa shape index (κ3) is 1.82. The first kappa shape index (κ1) is 11.4. The van der Waals surface area contributed by atoms with Crippen molar-refractivity contribution in [3.63, 3.8) is 0 Å². The van der Waals surface area contributed by atoms with E-state index < -0.39 is 0 Å². The van der Waals surface area contributed by atoms with Gasteiger partial charge in [-0.15, -0.1) is 0 Å². The van der Waals surface area contributed by atoms with Crippen LogP contribution in [0.4, 0.5) is 0 Å². The van der Waals surface area contributed by atoms with Gasteiger partial charge in [0.25, 0.3) is 0 Å². The van der Waals surface area contributed by atoms with Crippen LogP contribution in [-0.4, -0.2) is 15.0 Å². The van der Waals surface area contributed by atoms with Gasteiger partial charge >= 0.3 is 0 Å². The number of benzene rings is 1. The highest BCUT2D eigenvalue weighted by Crippen LogP contribution is 2.32. The maximum Gasteiger partial charge on any atom is 0.155 e. The highest BCUT2D eigenvalue weighted by Gasteiger charge is 2.12. The van der Waals surface area contributed by atoms with E-state index in [9.17, 15) is 0 Å². The summed E-state index contributed by atoms with van der Waals surface area (Å²) in [5, 5.41) is 1.88. The lowest BCUT2D eigenvalue weighted by atomic mass is 10.1. The fourth-order valence-electron chi connectivity index (χ4n) is 1.83. The molecule has 0 fully saturated rings. The van der Waals surface area contributed by atoms with Crippen LogP contribution in [0.25, 0.3) is 22.2 Å². The Morgan fingerprint density at radius 3 is 2.50 bits per heavy atom. The summed E-state index contributed by atoms with van der Waals surface area (Å²) in [5.74, 6) is 0. The van der Waals surface area contributed by atoms with Crippen molar-refractivity contribution in [2.24, 2.45) is 0 Å². The molecule has 3 nitrogen and oxygen atoms in total. The molecule has 0 aliphatic rings. The van der Waals surface area contributed by atoms with Gasteiger partial charge in [0, 0.05) is 29.5 Å². The Hall–Kier alpha value is -1.71. The van der Waals surface area contributed by atoms with Gasteiger partial charge in [-0.25, -0.2) is 4.98 Å². The van der Waals surface area contributed by atoms with E-state index in [-0.39, 0.29) is 0 Å². The SMILES string of the molecule is Clc1nccnc1-c1ccc(Cl)c2cccnc12. The van der Waals surface area contributed by atoms with Crippen molar-refractivity contribution >= 4 is 34.1 Å². The normalized spacial score (nSPS) is 10.8. The molecule has 0 unspecified atom stereocenters. The molecular weight excluding hydrogens is 269 g/mol. The minimum Gasteiger partial charge on any atom is -0.255 e. The average molecular weight is 276 g/mol. The van der Waals surface area contributed by atoms with Gasteiger partial charge in [0.2, 0.25) is 0 Å². The topological polar surface area (TPSA) is 38.7 Å². The molecule has 2 heterocycles. The molecule has 0 amide bonds. The Labute approximate surface area is 113 Å². The van der Waals surface area contributed by atoms with Crippen molar-refractivity contribution in [2.75, 3.05) is 0 Å². The standard InChI is InChI=1S/C13H7Cl2N3/c14-10-4-3-9(11-8(10)2-1-5-16-11)12-13(15)18-7-6-17-12/h1-7H. The van der Waals surface area contributed by atoms with Crippen LogP contribution in [0.3, 0.4) is 0 Å². The maximum atomic E-state index is 6.15. The third-order valence-corrected chi connectivity index (χ3v) is 3.23. The van der Waals surface area contributed by atoms with Crippen LogP contribution >= 0.6 is 23.2 Å². The summed E-state index contributed by atoms with van der Waals surface area (Å²) < 4.78 is 0. The molecule has 0 saturated carbocycles. The number of fused-ring (bicyclic) bond motifs is 1. The second-order valence-corrected chi connectivity index (χ2v) is 4.46. The van der Waals surface area contributed by atoms with Gasteiger partial charge in [0.15, 0.2) is 5.15 Å². The predicted molar refractivity (Wildman–Crippen MR) is 72.8 cm³/mol. The summed E-state index contributed by atoms with van der Waals surface area (Å²) in [6.45, 7) is 0. The Kier molecular flexibility index (Phi) is 2.86. The van der Waals surface area contributed by atoms with Crippen LogP contribution in [0.15, 0.2) is 42.9 Å². The number of pyridine rings is 1. The van der Waals surface area contributed by atoms with Crippen molar-refractivity contribution in [2.45, 2.75) is 0 Å². The molecular formula is C13H7Cl2N3. The Bertz CT molecular complexity index is 728. The van der Waals surface area contributed by atoms with Crippen LogP contribution < -0.4 is 0 Å². The van der Waals surface area contributed by atoms with Crippen molar-refractivity contribution < 1.29 is 0 Å². The number of hydrogen-bond donors (Lipinski definition) is 0. The summed E-state index contributed by atoms with van der Waals surface area (Å²) in [6.07, 6.45) is 4.87. The number of halogens is 2. The molecule has 2 aromatic heterocycles. The molecule has 3 aromatic rings. The highest BCUT2D eigenvalue weighted by molar-refractivity contribution is 6.36. The van der Waals surface area contributed by atoms with Gasteiger partial charge < -0.3 is 0 Å². The van der Waals surface area contributed by atoms with E-state index >= 15 is 0 Å². The van der Waals surface area contributed by atoms with Crippen LogP contribution in [0.5, 0.6) is 0 Å². The smallest absolute Gasteiger partial charge is 0.155 e. The molecule has 0 atom stereocenters. The third-order valence-electron chi connectivity index (χ3n) is 2.63. The lowest BCUT2D eigenvalue weighted by Gasteiger charge is -2.07. The van der Waals surface area contributed by atoms with Gasteiger partial charge in [-0.3, -0.25) is 9.97 Å². The van der Waals surface area contributed by atoms with Crippen LogP contribution in [0.2, 0.25) is 10.2 Å². The molecule has 18 heavy (non-hydrogen) atoms. The van der Waals surface area contributed by atoms with E-state index in [4.69, 9.17) is 23.2 Å². The monoisotopic (exact) mass is 275 g/mol. The zero-order valence-electron chi connectivity index (χ0n) is 9.14. The first-order valence-corrected chi connectivity index (χ1v) is 6.03. The van der Waals surface area contributed by atoms with Crippen molar-refractivity contribution in [1.29, 1.82) is 0 Å². The molecule has 88 valence electrons. The molecule has 0 saturated heterocycles. The number of aromatic nitrogens is 3. The van der Waals surface area contributed by atoms with Gasteiger partial charge in [-0.05, 0) is 24.3 Å². The van der Waals surface area contributed by atoms with Crippen molar-refractivity contribution in [3.05, 3.63) is 53.0 Å². The van der Waals surface area contributed by atoms with Crippen LogP contribution in [0, 0.1) is 0 Å². The largest absolute Gasteiger partial charge is 0.255 e. The van der Waals surface area contributed by atoms with E-state index in [1.54, 1.807) is 18.6 Å². The fraction of sp³-hybridized carbons (Fsp3) is 0. The first-order chi connectivity index (χ1) is 8.77. The molecule has 5 heteroatoms. The zero-order valence-corrected chi connectivity index (χ0v) is 10.7. The highest BCUT2D eigenvalue weighted by atomic mass is 35.5. The Balaban J connectivity index is 2.38. The summed E-state index contributed by atoms with van der Waals surface area (Å²) in [6, 6.07) is 7.42. The van der Waals surface area contributed by atoms with Crippen molar-refractivity contribution in [1.82, 2.24) is 15.0 Å². The lowest BCUT2D eigenvalue weighted by Crippen LogP contribution is -1.90. The zero-order chi connectivity index (χ0) is 12.5. The fourth-order valence-corrected chi connectivity index (χ4v) is 2.25. The van der Waals surface area contributed by atoms with Gasteiger partial charge in [-0.1, -0.05) is 23.2 Å². The molecule has 0 bridgehead atoms. The minimum atomic E-state index is 0.353. The van der Waals surface area contributed by atoms with E-state index in [0.29, 0.717) is 15.9 Å². The molecule has 0 spiro atoms. The maximum absolute atomic E-state index is 6.15. The molecule has 0 N–H and O–H groups in total. The first-order valence-electron chi connectivity index (χ1n) is 5.27.